The molecule has 3 N–H and O–H groups in total. The van der Waals surface area contributed by atoms with Crippen molar-refractivity contribution in [2.24, 2.45) is 11.8 Å². The SMILES string of the molecule is CCC(CC)C(O)CNC(=O)NCCC1CCC1. The third-order valence-corrected chi connectivity index (χ3v) is 4.13. The number of aliphatic hydroxyl groups is 1. The van der Waals surface area contributed by atoms with Crippen LogP contribution in [0.4, 0.5) is 4.79 Å². The molecular formula is C14H28N2O2. The Kier molecular flexibility index (Phi) is 7.09. The molecule has 4 nitrogen and oxygen atoms in total. The van der Waals surface area contributed by atoms with E-state index in [1.165, 1.54) is 19.3 Å². The van der Waals surface area contributed by atoms with Crippen molar-refractivity contribution in [3.63, 3.8) is 0 Å². The molecule has 0 aromatic carbocycles. The number of hydrogen-bond donors (Lipinski definition) is 3. The number of rotatable bonds is 8. The fourth-order valence-corrected chi connectivity index (χ4v) is 2.43. The molecule has 0 aliphatic heterocycles. The van der Waals surface area contributed by atoms with Crippen LogP contribution in [0.3, 0.4) is 0 Å². The van der Waals surface area contributed by atoms with Gasteiger partial charge in [-0.1, -0.05) is 46.0 Å². The molecule has 1 atom stereocenters. The van der Waals surface area contributed by atoms with Crippen LogP contribution in [0.5, 0.6) is 0 Å². The van der Waals surface area contributed by atoms with Crippen molar-refractivity contribution in [3.05, 3.63) is 0 Å². The van der Waals surface area contributed by atoms with Gasteiger partial charge in [0.2, 0.25) is 0 Å². The molecule has 0 heterocycles. The molecule has 0 aromatic heterocycles. The van der Waals surface area contributed by atoms with Crippen molar-refractivity contribution >= 4 is 6.03 Å². The molecule has 106 valence electrons. The zero-order chi connectivity index (χ0) is 13.4. The Bertz CT molecular complexity index is 238. The second-order valence-electron chi connectivity index (χ2n) is 5.37. The van der Waals surface area contributed by atoms with Crippen LogP contribution in [0.15, 0.2) is 0 Å². The van der Waals surface area contributed by atoms with Crippen molar-refractivity contribution < 1.29 is 9.90 Å². The van der Waals surface area contributed by atoms with E-state index in [-0.39, 0.29) is 11.9 Å². The van der Waals surface area contributed by atoms with Gasteiger partial charge in [-0.15, -0.1) is 0 Å². The summed E-state index contributed by atoms with van der Waals surface area (Å²) in [6.07, 6.45) is 6.53. The summed E-state index contributed by atoms with van der Waals surface area (Å²) < 4.78 is 0. The molecule has 0 aromatic rings. The molecule has 1 saturated carbocycles. The Labute approximate surface area is 111 Å². The minimum Gasteiger partial charge on any atom is -0.391 e. The fourth-order valence-electron chi connectivity index (χ4n) is 2.43. The summed E-state index contributed by atoms with van der Waals surface area (Å²) in [7, 11) is 0. The fraction of sp³-hybridized carbons (Fsp3) is 0.929. The molecule has 18 heavy (non-hydrogen) atoms. The third kappa shape index (κ3) is 5.25. The molecule has 0 bridgehead atoms. The Morgan fingerprint density at radius 1 is 1.28 bits per heavy atom. The molecule has 2 amide bonds. The van der Waals surface area contributed by atoms with Gasteiger partial charge >= 0.3 is 6.03 Å². The van der Waals surface area contributed by atoms with Crippen LogP contribution in [0, 0.1) is 11.8 Å². The summed E-state index contributed by atoms with van der Waals surface area (Å²) >= 11 is 0. The Hall–Kier alpha value is -0.770. The van der Waals surface area contributed by atoms with Crippen molar-refractivity contribution in [1.29, 1.82) is 0 Å². The van der Waals surface area contributed by atoms with E-state index >= 15 is 0 Å². The number of aliphatic hydroxyl groups excluding tert-OH is 1. The molecule has 4 heteroatoms. The lowest BCUT2D eigenvalue weighted by molar-refractivity contribution is 0.103. The van der Waals surface area contributed by atoms with Crippen LogP contribution < -0.4 is 10.6 Å². The minimum absolute atomic E-state index is 0.153. The number of hydrogen-bond acceptors (Lipinski definition) is 2. The van der Waals surface area contributed by atoms with E-state index < -0.39 is 6.10 Å². The van der Waals surface area contributed by atoms with E-state index in [9.17, 15) is 9.90 Å². The van der Waals surface area contributed by atoms with Gasteiger partial charge in [0.1, 0.15) is 0 Å². The number of urea groups is 1. The zero-order valence-electron chi connectivity index (χ0n) is 11.7. The summed E-state index contributed by atoms with van der Waals surface area (Å²) in [5.74, 6) is 1.10. The predicted octanol–water partition coefficient (Wildman–Crippen LogP) is 2.27. The largest absolute Gasteiger partial charge is 0.391 e. The van der Waals surface area contributed by atoms with Crippen LogP contribution >= 0.6 is 0 Å². The Balaban J connectivity index is 2.04. The Morgan fingerprint density at radius 2 is 1.94 bits per heavy atom. The lowest BCUT2D eigenvalue weighted by Gasteiger charge is -2.25. The van der Waals surface area contributed by atoms with Gasteiger partial charge in [-0.2, -0.15) is 0 Å². The highest BCUT2D eigenvalue weighted by Gasteiger charge is 2.18. The number of carbonyl (C=O) groups is 1. The molecule has 1 unspecified atom stereocenters. The van der Waals surface area contributed by atoms with E-state index in [0.29, 0.717) is 6.54 Å². The van der Waals surface area contributed by atoms with Gasteiger partial charge in [0, 0.05) is 13.1 Å². The van der Waals surface area contributed by atoms with E-state index in [4.69, 9.17) is 0 Å². The summed E-state index contributed by atoms with van der Waals surface area (Å²) in [4.78, 5) is 11.5. The first-order valence-electron chi connectivity index (χ1n) is 7.37. The quantitative estimate of drug-likeness (QED) is 0.624. The van der Waals surface area contributed by atoms with Crippen molar-refractivity contribution in [2.75, 3.05) is 13.1 Å². The standard InChI is InChI=1S/C14H28N2O2/c1-3-12(4-2)13(17)10-16-14(18)15-9-8-11-6-5-7-11/h11-13,17H,3-10H2,1-2H3,(H2,15,16,18). The monoisotopic (exact) mass is 256 g/mol. The number of carbonyl (C=O) groups excluding carboxylic acids is 1. The van der Waals surface area contributed by atoms with Crippen LogP contribution in [0.25, 0.3) is 0 Å². The molecule has 0 saturated heterocycles. The van der Waals surface area contributed by atoms with Gasteiger partial charge < -0.3 is 15.7 Å². The highest BCUT2D eigenvalue weighted by Crippen LogP contribution is 2.28. The average Bonchev–Trinajstić information content (AvgIpc) is 2.31. The molecule has 1 rings (SSSR count). The van der Waals surface area contributed by atoms with Crippen LogP contribution in [0.1, 0.15) is 52.4 Å². The van der Waals surface area contributed by atoms with Crippen LogP contribution in [-0.2, 0) is 0 Å². The van der Waals surface area contributed by atoms with E-state index in [0.717, 1.165) is 31.7 Å². The molecule has 0 spiro atoms. The molecule has 1 aliphatic rings. The molecule has 0 radical (unpaired) electrons. The van der Waals surface area contributed by atoms with E-state index in [2.05, 4.69) is 24.5 Å². The molecular weight excluding hydrogens is 228 g/mol. The topological polar surface area (TPSA) is 61.4 Å². The predicted molar refractivity (Wildman–Crippen MR) is 73.4 cm³/mol. The summed E-state index contributed by atoms with van der Waals surface area (Å²) in [5.41, 5.74) is 0. The smallest absolute Gasteiger partial charge is 0.314 e. The average molecular weight is 256 g/mol. The number of amides is 2. The van der Waals surface area contributed by atoms with Crippen molar-refractivity contribution in [3.8, 4) is 0 Å². The third-order valence-electron chi connectivity index (χ3n) is 4.13. The van der Waals surface area contributed by atoms with Gasteiger partial charge in [-0.3, -0.25) is 0 Å². The zero-order valence-corrected chi connectivity index (χ0v) is 11.7. The van der Waals surface area contributed by atoms with E-state index in [1.807, 2.05) is 0 Å². The maximum absolute atomic E-state index is 11.5. The number of nitrogens with one attached hydrogen (secondary N) is 2. The lowest BCUT2D eigenvalue weighted by Crippen LogP contribution is -2.42. The Morgan fingerprint density at radius 3 is 2.44 bits per heavy atom. The van der Waals surface area contributed by atoms with Gasteiger partial charge in [-0.05, 0) is 18.3 Å². The normalized spacial score (nSPS) is 17.3. The molecule has 1 fully saturated rings. The van der Waals surface area contributed by atoms with Gasteiger partial charge in [-0.25, -0.2) is 4.79 Å². The van der Waals surface area contributed by atoms with E-state index in [1.54, 1.807) is 0 Å². The lowest BCUT2D eigenvalue weighted by atomic mass is 9.83. The second-order valence-corrected chi connectivity index (χ2v) is 5.37. The summed E-state index contributed by atoms with van der Waals surface area (Å²) in [6, 6.07) is -0.153. The molecule has 1 aliphatic carbocycles. The second kappa shape index (κ2) is 8.35. The van der Waals surface area contributed by atoms with Crippen molar-refractivity contribution in [2.45, 2.75) is 58.5 Å². The van der Waals surface area contributed by atoms with Gasteiger partial charge in [0.15, 0.2) is 0 Å². The first kappa shape index (κ1) is 15.3. The minimum atomic E-state index is -0.433. The van der Waals surface area contributed by atoms with Gasteiger partial charge in [0.25, 0.3) is 0 Å². The highest BCUT2D eigenvalue weighted by molar-refractivity contribution is 5.73. The first-order valence-corrected chi connectivity index (χ1v) is 7.37. The van der Waals surface area contributed by atoms with Crippen molar-refractivity contribution in [1.82, 2.24) is 10.6 Å². The maximum Gasteiger partial charge on any atom is 0.314 e. The summed E-state index contributed by atoms with van der Waals surface area (Å²) in [6.45, 7) is 5.23. The first-order chi connectivity index (χ1) is 8.67. The highest BCUT2D eigenvalue weighted by atomic mass is 16.3. The van der Waals surface area contributed by atoms with Gasteiger partial charge in [0.05, 0.1) is 6.10 Å². The van der Waals surface area contributed by atoms with Crippen LogP contribution in [0.2, 0.25) is 0 Å². The van der Waals surface area contributed by atoms with Crippen LogP contribution in [-0.4, -0.2) is 30.3 Å². The summed E-state index contributed by atoms with van der Waals surface area (Å²) in [5, 5.41) is 15.5. The maximum atomic E-state index is 11.5.